The summed E-state index contributed by atoms with van der Waals surface area (Å²) < 4.78 is 0. The van der Waals surface area contributed by atoms with Crippen LogP contribution in [0.15, 0.2) is 303 Å². The van der Waals surface area contributed by atoms with Crippen molar-refractivity contribution in [3.8, 4) is 44.5 Å². The lowest BCUT2D eigenvalue weighted by Gasteiger charge is -2.45. The molecule has 2 heteroatoms. The molecule has 1 heterocycles. The molecule has 0 radical (unpaired) electrons. The van der Waals surface area contributed by atoms with Crippen LogP contribution in [0.1, 0.15) is 44.5 Å². The van der Waals surface area contributed by atoms with E-state index < -0.39 is 10.8 Å². The van der Waals surface area contributed by atoms with Crippen LogP contribution in [-0.4, -0.2) is 0 Å². The Morgan fingerprint density at radius 3 is 1.30 bits per heavy atom. The van der Waals surface area contributed by atoms with Gasteiger partial charge in [-0.15, -0.1) is 0 Å². The molecule has 76 heavy (non-hydrogen) atoms. The molecule has 1 spiro atoms. The molecule has 12 aromatic carbocycles. The van der Waals surface area contributed by atoms with Crippen molar-refractivity contribution in [2.45, 2.75) is 10.8 Å². The lowest BCUT2D eigenvalue weighted by atomic mass is 9.64. The van der Waals surface area contributed by atoms with Gasteiger partial charge in [-0.2, -0.15) is 0 Å². The lowest BCUT2D eigenvalue weighted by Crippen LogP contribution is -2.36. The van der Waals surface area contributed by atoms with E-state index in [4.69, 9.17) is 0 Å². The summed E-state index contributed by atoms with van der Waals surface area (Å²) in [5, 5.41) is 0. The Hall–Kier alpha value is -9.76. The zero-order valence-corrected chi connectivity index (χ0v) is 41.8. The van der Waals surface area contributed by atoms with Crippen molar-refractivity contribution >= 4 is 34.1 Å². The summed E-state index contributed by atoms with van der Waals surface area (Å²) in [5.41, 5.74) is 25.5. The van der Waals surface area contributed by atoms with Crippen molar-refractivity contribution in [3.05, 3.63) is 348 Å². The Balaban J connectivity index is 1.00. The van der Waals surface area contributed by atoms with Gasteiger partial charge in [-0.25, -0.2) is 0 Å². The minimum atomic E-state index is -0.619. The minimum Gasteiger partial charge on any atom is -0.310 e. The van der Waals surface area contributed by atoms with Crippen molar-refractivity contribution in [3.63, 3.8) is 0 Å². The quantitative estimate of drug-likeness (QED) is 0.150. The maximum atomic E-state index is 2.54. The van der Waals surface area contributed by atoms with E-state index in [1.807, 2.05) is 0 Å². The van der Waals surface area contributed by atoms with Crippen molar-refractivity contribution in [1.82, 2.24) is 0 Å². The second-order valence-corrected chi connectivity index (χ2v) is 20.3. The third-order valence-corrected chi connectivity index (χ3v) is 16.5. The summed E-state index contributed by atoms with van der Waals surface area (Å²) in [4.78, 5) is 5.00. The fraction of sp³-hybridized carbons (Fsp3) is 0.0270. The molecule has 0 amide bonds. The molecule has 0 aromatic heterocycles. The van der Waals surface area contributed by atoms with Crippen LogP contribution in [0.25, 0.3) is 44.5 Å². The highest BCUT2D eigenvalue weighted by molar-refractivity contribution is 6.02. The summed E-state index contributed by atoms with van der Waals surface area (Å²) in [7, 11) is 0. The Morgan fingerprint density at radius 2 is 0.697 bits per heavy atom. The molecule has 0 bridgehead atoms. The van der Waals surface area contributed by atoms with E-state index in [2.05, 4.69) is 313 Å². The van der Waals surface area contributed by atoms with E-state index in [-0.39, 0.29) is 0 Å². The van der Waals surface area contributed by atoms with Gasteiger partial charge >= 0.3 is 0 Å². The third-order valence-electron chi connectivity index (χ3n) is 16.5. The van der Waals surface area contributed by atoms with Gasteiger partial charge in [0.2, 0.25) is 0 Å². The third kappa shape index (κ3) is 6.28. The van der Waals surface area contributed by atoms with Gasteiger partial charge in [0.25, 0.3) is 0 Å². The fourth-order valence-electron chi connectivity index (χ4n) is 13.6. The molecule has 12 aromatic rings. The Labute approximate surface area is 444 Å². The molecule has 1 aliphatic heterocycles. The first-order valence-corrected chi connectivity index (χ1v) is 26.4. The van der Waals surface area contributed by atoms with Crippen molar-refractivity contribution < 1.29 is 0 Å². The van der Waals surface area contributed by atoms with Gasteiger partial charge in [-0.3, -0.25) is 0 Å². The highest BCUT2D eigenvalue weighted by Gasteiger charge is 2.53. The normalized spacial score (nSPS) is 13.7. The van der Waals surface area contributed by atoms with Crippen LogP contribution in [0, 0.1) is 0 Å². The highest BCUT2D eigenvalue weighted by Crippen LogP contribution is 2.66. The molecule has 0 saturated carbocycles. The predicted molar refractivity (Wildman–Crippen MR) is 315 cm³/mol. The average Bonchev–Trinajstić information content (AvgIpc) is 4.20. The monoisotopic (exact) mass is 966 g/mol. The van der Waals surface area contributed by atoms with Crippen molar-refractivity contribution in [2.24, 2.45) is 0 Å². The van der Waals surface area contributed by atoms with E-state index in [1.54, 1.807) is 0 Å². The molecule has 15 rings (SSSR count). The number of fused-ring (bicyclic) bond motifs is 12. The molecule has 0 fully saturated rings. The second-order valence-electron chi connectivity index (χ2n) is 20.3. The van der Waals surface area contributed by atoms with E-state index in [0.717, 1.165) is 22.7 Å². The minimum absolute atomic E-state index is 0.573. The summed E-state index contributed by atoms with van der Waals surface area (Å²) >= 11 is 0. The molecule has 3 aliphatic rings. The average molecular weight is 967 g/mol. The summed E-state index contributed by atoms with van der Waals surface area (Å²) in [5.74, 6) is 0. The maximum Gasteiger partial charge on any atom is 0.0755 e. The first-order chi connectivity index (χ1) is 37.7. The standard InChI is InChI=1S/C74H50N2/c1-5-24-51(25-6-1)58-32-13-14-33-59(58)52-44-46-56(47-45-52)75(57-48-49-61-60-34-15-17-36-63(60)73(68(61)50-57,53-26-7-2-8-27-53)54-28-9-3-10-29-54)71-43-23-40-67-72(71)62-35-16-18-37-64(62)74(67)65-38-19-21-41-69(65)76(55-30-11-4-12-31-55)70-42-22-20-39-66(70)74/h1-50H. The number of nitrogens with zero attached hydrogens (tertiary/aromatic N) is 2. The first-order valence-electron chi connectivity index (χ1n) is 26.4. The number of benzene rings is 12. The molecule has 356 valence electrons. The van der Waals surface area contributed by atoms with E-state index in [1.165, 1.54) is 100 Å². The van der Waals surface area contributed by atoms with Gasteiger partial charge in [0.15, 0.2) is 0 Å². The molecular weight excluding hydrogens is 917 g/mol. The summed E-state index contributed by atoms with van der Waals surface area (Å²) in [6.07, 6.45) is 0. The topological polar surface area (TPSA) is 6.48 Å². The largest absolute Gasteiger partial charge is 0.310 e. The molecule has 0 N–H and O–H groups in total. The number of anilines is 6. The number of para-hydroxylation sites is 3. The van der Waals surface area contributed by atoms with Crippen LogP contribution in [0.5, 0.6) is 0 Å². The molecule has 0 unspecified atom stereocenters. The Kier molecular flexibility index (Phi) is 10.0. The smallest absolute Gasteiger partial charge is 0.0755 e. The number of hydrogen-bond acceptors (Lipinski definition) is 2. The zero-order chi connectivity index (χ0) is 50.2. The van der Waals surface area contributed by atoms with Gasteiger partial charge in [0, 0.05) is 22.6 Å². The van der Waals surface area contributed by atoms with E-state index in [0.29, 0.717) is 0 Å². The van der Waals surface area contributed by atoms with Gasteiger partial charge in [-0.1, -0.05) is 249 Å². The SMILES string of the molecule is c1ccc(-c2ccccc2-c2ccc(N(c3ccc4c(c3)C(c3ccccc3)(c3ccccc3)c3ccccc3-4)c3cccc4c3-c3ccccc3C43c4ccccc4N(c4ccccc4)c4ccccc43)cc2)cc1. The second kappa shape index (κ2) is 17.4. The summed E-state index contributed by atoms with van der Waals surface area (Å²) in [6, 6.07) is 113. The van der Waals surface area contributed by atoms with Crippen LogP contribution in [0.3, 0.4) is 0 Å². The van der Waals surface area contributed by atoms with Crippen LogP contribution >= 0.6 is 0 Å². The molecule has 0 atom stereocenters. The zero-order valence-electron chi connectivity index (χ0n) is 41.8. The van der Waals surface area contributed by atoms with Crippen molar-refractivity contribution in [1.29, 1.82) is 0 Å². The van der Waals surface area contributed by atoms with Gasteiger partial charge in [0.05, 0.1) is 27.9 Å². The number of hydrogen-bond donors (Lipinski definition) is 0. The summed E-state index contributed by atoms with van der Waals surface area (Å²) in [6.45, 7) is 0. The highest BCUT2D eigenvalue weighted by atomic mass is 15.2. The lowest BCUT2D eigenvalue weighted by molar-refractivity contribution is 0.752. The predicted octanol–water partition coefficient (Wildman–Crippen LogP) is 19.0. The van der Waals surface area contributed by atoms with E-state index in [9.17, 15) is 0 Å². The van der Waals surface area contributed by atoms with Crippen molar-refractivity contribution in [2.75, 3.05) is 9.80 Å². The Morgan fingerprint density at radius 1 is 0.263 bits per heavy atom. The first kappa shape index (κ1) is 43.8. The Bertz CT molecular complexity index is 4080. The van der Waals surface area contributed by atoms with E-state index >= 15 is 0 Å². The molecular formula is C74H50N2. The number of rotatable bonds is 8. The van der Waals surface area contributed by atoms with Crippen LogP contribution < -0.4 is 9.80 Å². The van der Waals surface area contributed by atoms with Gasteiger partial charge in [-0.05, 0) is 138 Å². The van der Waals surface area contributed by atoms with Crippen LogP contribution in [0.4, 0.5) is 34.1 Å². The van der Waals surface area contributed by atoms with Crippen LogP contribution in [-0.2, 0) is 10.8 Å². The van der Waals surface area contributed by atoms with Gasteiger partial charge in [0.1, 0.15) is 0 Å². The molecule has 0 saturated heterocycles. The van der Waals surface area contributed by atoms with Crippen LogP contribution in [0.2, 0.25) is 0 Å². The van der Waals surface area contributed by atoms with Gasteiger partial charge < -0.3 is 9.80 Å². The fourth-order valence-corrected chi connectivity index (χ4v) is 13.6. The molecule has 2 aliphatic carbocycles. The molecule has 2 nitrogen and oxygen atoms in total. The maximum absolute atomic E-state index is 2.54.